The van der Waals surface area contributed by atoms with E-state index in [-0.39, 0.29) is 24.2 Å². The van der Waals surface area contributed by atoms with Crippen LogP contribution in [-0.2, 0) is 9.59 Å². The predicted molar refractivity (Wildman–Crippen MR) is 113 cm³/mol. The topological polar surface area (TPSA) is 87.5 Å². The first-order chi connectivity index (χ1) is 12.4. The van der Waals surface area contributed by atoms with E-state index >= 15 is 0 Å². The fraction of sp³-hybridized carbons (Fsp3) is 0.600. The average Bonchev–Trinajstić information content (AvgIpc) is 2.85. The number of likely N-dealkylation sites (tertiary alicyclic amines) is 1. The van der Waals surface area contributed by atoms with Crippen molar-refractivity contribution in [3.63, 3.8) is 0 Å². The van der Waals surface area contributed by atoms with Crippen LogP contribution in [0.5, 0.6) is 0 Å². The molecule has 0 bridgehead atoms. The fourth-order valence-electron chi connectivity index (χ4n) is 3.24. The molecule has 2 rings (SSSR count). The van der Waals surface area contributed by atoms with Gasteiger partial charge in [-0.2, -0.15) is 0 Å². The van der Waals surface area contributed by atoms with Gasteiger partial charge in [-0.05, 0) is 63.5 Å². The molecule has 1 aromatic carbocycles. The Morgan fingerprint density at radius 1 is 1.04 bits per heavy atom. The first-order valence-electron chi connectivity index (χ1n) is 9.63. The van der Waals surface area contributed by atoms with Gasteiger partial charge >= 0.3 is 0 Å². The van der Waals surface area contributed by atoms with Crippen molar-refractivity contribution in [2.24, 2.45) is 5.73 Å². The number of benzene rings is 1. The highest BCUT2D eigenvalue weighted by Crippen LogP contribution is 2.17. The molecule has 0 radical (unpaired) electrons. The van der Waals surface area contributed by atoms with Crippen LogP contribution in [0.2, 0.25) is 0 Å². The molecule has 0 spiro atoms. The summed E-state index contributed by atoms with van der Waals surface area (Å²) in [5.74, 6) is -0.196. The van der Waals surface area contributed by atoms with Crippen LogP contribution in [0.15, 0.2) is 24.3 Å². The maximum absolute atomic E-state index is 12.2. The molecule has 0 aromatic heterocycles. The lowest BCUT2D eigenvalue weighted by molar-refractivity contribution is -0.121. The molecule has 27 heavy (non-hydrogen) atoms. The van der Waals surface area contributed by atoms with Crippen molar-refractivity contribution in [3.8, 4) is 0 Å². The smallest absolute Gasteiger partial charge is 0.244 e. The van der Waals surface area contributed by atoms with Crippen LogP contribution in [-0.4, -0.2) is 41.9 Å². The Balaban J connectivity index is 0.00000364. The van der Waals surface area contributed by atoms with E-state index in [9.17, 15) is 9.59 Å². The predicted octanol–water partition coefficient (Wildman–Crippen LogP) is 3.38. The lowest BCUT2D eigenvalue weighted by atomic mass is 9.96. The van der Waals surface area contributed by atoms with E-state index in [0.717, 1.165) is 25.2 Å². The third kappa shape index (κ3) is 7.87. The van der Waals surface area contributed by atoms with Crippen LogP contribution in [0.4, 0.5) is 11.4 Å². The quantitative estimate of drug-likeness (QED) is 0.659. The summed E-state index contributed by atoms with van der Waals surface area (Å²) in [5.41, 5.74) is 6.56. The monoisotopic (exact) mass is 396 g/mol. The average molecular weight is 397 g/mol. The van der Waals surface area contributed by atoms with Gasteiger partial charge in [0, 0.05) is 11.4 Å². The number of amides is 2. The molecule has 4 N–H and O–H groups in total. The van der Waals surface area contributed by atoms with E-state index in [4.69, 9.17) is 5.73 Å². The van der Waals surface area contributed by atoms with Crippen LogP contribution in [0, 0.1) is 0 Å². The van der Waals surface area contributed by atoms with Crippen LogP contribution in [0.25, 0.3) is 0 Å². The third-order valence-corrected chi connectivity index (χ3v) is 4.78. The molecule has 0 aliphatic carbocycles. The number of carbonyl (C=O) groups excluding carboxylic acids is 2. The fourth-order valence-corrected chi connectivity index (χ4v) is 3.24. The van der Waals surface area contributed by atoms with Gasteiger partial charge in [-0.25, -0.2) is 0 Å². The summed E-state index contributed by atoms with van der Waals surface area (Å²) in [6.45, 7) is 6.16. The molecule has 1 aromatic rings. The van der Waals surface area contributed by atoms with Gasteiger partial charge in [-0.3, -0.25) is 14.5 Å². The van der Waals surface area contributed by atoms with E-state index in [1.54, 1.807) is 31.2 Å². The van der Waals surface area contributed by atoms with Gasteiger partial charge in [0.1, 0.15) is 0 Å². The summed E-state index contributed by atoms with van der Waals surface area (Å²) >= 11 is 0. The number of rotatable bonds is 7. The summed E-state index contributed by atoms with van der Waals surface area (Å²) < 4.78 is 0. The molecule has 1 heterocycles. The Morgan fingerprint density at radius 3 is 2.07 bits per heavy atom. The molecule has 1 atom stereocenters. The molecule has 1 unspecified atom stereocenters. The first-order valence-corrected chi connectivity index (χ1v) is 9.63. The number of hydrogen-bond donors (Lipinski definition) is 3. The van der Waals surface area contributed by atoms with Gasteiger partial charge in [0.2, 0.25) is 11.8 Å². The molecular formula is C20H33ClN4O2. The molecule has 2 amide bonds. The van der Waals surface area contributed by atoms with Gasteiger partial charge in [0.25, 0.3) is 0 Å². The maximum atomic E-state index is 12.2. The molecule has 6 nitrogen and oxygen atoms in total. The largest absolute Gasteiger partial charge is 0.325 e. The molecule has 1 aliphatic rings. The van der Waals surface area contributed by atoms with Gasteiger partial charge in [0.05, 0.1) is 12.1 Å². The Hall–Kier alpha value is -1.63. The van der Waals surface area contributed by atoms with E-state index < -0.39 is 5.54 Å². The second-order valence-corrected chi connectivity index (χ2v) is 7.44. The summed E-state index contributed by atoms with van der Waals surface area (Å²) in [6.07, 6.45) is 6.32. The zero-order valence-corrected chi connectivity index (χ0v) is 17.2. The number of nitrogens with zero attached hydrogens (tertiary/aromatic N) is 1. The summed E-state index contributed by atoms with van der Waals surface area (Å²) in [4.78, 5) is 26.7. The minimum atomic E-state index is -0.880. The Bertz CT molecular complexity index is 597. The van der Waals surface area contributed by atoms with Crippen molar-refractivity contribution >= 4 is 35.6 Å². The minimum absolute atomic E-state index is 0. The maximum Gasteiger partial charge on any atom is 0.244 e. The lowest BCUT2D eigenvalue weighted by Gasteiger charge is -2.23. The highest BCUT2D eigenvalue weighted by Gasteiger charge is 2.27. The first kappa shape index (κ1) is 23.4. The molecule has 1 saturated heterocycles. The highest BCUT2D eigenvalue weighted by atomic mass is 35.5. The van der Waals surface area contributed by atoms with Gasteiger partial charge in [-0.1, -0.05) is 26.2 Å². The van der Waals surface area contributed by atoms with Gasteiger partial charge in [-0.15, -0.1) is 12.4 Å². The van der Waals surface area contributed by atoms with Crippen molar-refractivity contribution in [2.75, 3.05) is 30.3 Å². The third-order valence-electron chi connectivity index (χ3n) is 4.78. The number of carbonyl (C=O) groups is 2. The van der Waals surface area contributed by atoms with Crippen molar-refractivity contribution in [2.45, 2.75) is 57.9 Å². The van der Waals surface area contributed by atoms with Crippen LogP contribution in [0.3, 0.4) is 0 Å². The summed E-state index contributed by atoms with van der Waals surface area (Å²) in [5, 5.41) is 5.76. The van der Waals surface area contributed by atoms with Crippen molar-refractivity contribution < 1.29 is 9.59 Å². The van der Waals surface area contributed by atoms with Gasteiger partial charge in [0.15, 0.2) is 0 Å². The minimum Gasteiger partial charge on any atom is -0.325 e. The Labute approximate surface area is 168 Å². The summed E-state index contributed by atoms with van der Waals surface area (Å²) in [7, 11) is 0. The van der Waals surface area contributed by atoms with E-state index in [2.05, 4.69) is 15.5 Å². The SMILES string of the molecule is CCCC(C)(N)C(=O)Nc1ccc(NC(=O)CN2CCCCCC2)cc1.Cl. The second kappa shape index (κ2) is 11.3. The molecule has 7 heteroatoms. The van der Waals surface area contributed by atoms with E-state index in [1.165, 1.54) is 25.7 Å². The van der Waals surface area contributed by atoms with Crippen molar-refractivity contribution in [1.82, 2.24) is 4.90 Å². The standard InChI is InChI=1S/C20H32N4O2.ClH/c1-3-12-20(2,21)19(26)23-17-10-8-16(9-11-17)22-18(25)15-24-13-6-4-5-7-14-24;/h8-11H,3-7,12-15,21H2,1-2H3,(H,22,25)(H,23,26);1H. The number of halogens is 1. The molecular weight excluding hydrogens is 364 g/mol. The number of nitrogens with one attached hydrogen (secondary N) is 2. The Morgan fingerprint density at radius 2 is 1.56 bits per heavy atom. The van der Waals surface area contributed by atoms with Crippen LogP contribution < -0.4 is 16.4 Å². The van der Waals surface area contributed by atoms with E-state index in [0.29, 0.717) is 18.7 Å². The number of hydrogen-bond acceptors (Lipinski definition) is 4. The van der Waals surface area contributed by atoms with Gasteiger partial charge < -0.3 is 16.4 Å². The van der Waals surface area contributed by atoms with Crippen molar-refractivity contribution in [1.29, 1.82) is 0 Å². The normalized spacial score (nSPS) is 17.1. The second-order valence-electron chi connectivity index (χ2n) is 7.44. The molecule has 152 valence electrons. The van der Waals surface area contributed by atoms with Crippen LogP contribution in [0.1, 0.15) is 52.4 Å². The Kier molecular flexibility index (Phi) is 9.77. The number of nitrogens with two attached hydrogens (primary N) is 1. The molecule has 0 saturated carbocycles. The van der Waals surface area contributed by atoms with Crippen molar-refractivity contribution in [3.05, 3.63) is 24.3 Å². The number of anilines is 2. The highest BCUT2D eigenvalue weighted by molar-refractivity contribution is 5.98. The van der Waals surface area contributed by atoms with Crippen LogP contribution >= 0.6 is 12.4 Å². The summed E-state index contributed by atoms with van der Waals surface area (Å²) in [6, 6.07) is 7.15. The molecule has 1 fully saturated rings. The molecule has 1 aliphatic heterocycles. The van der Waals surface area contributed by atoms with E-state index in [1.807, 2.05) is 6.92 Å². The lowest BCUT2D eigenvalue weighted by Crippen LogP contribution is -2.48. The zero-order valence-electron chi connectivity index (χ0n) is 16.4. The zero-order chi connectivity index (χ0) is 19.0.